The van der Waals surface area contributed by atoms with Gasteiger partial charge in [-0.15, -0.1) is 0 Å². The van der Waals surface area contributed by atoms with Crippen molar-refractivity contribution >= 4 is 10.0 Å². The first-order chi connectivity index (χ1) is 10.1. The minimum absolute atomic E-state index is 0.117. The quantitative estimate of drug-likeness (QED) is 0.802. The molecule has 0 aliphatic carbocycles. The van der Waals surface area contributed by atoms with Crippen LogP contribution >= 0.6 is 0 Å². The summed E-state index contributed by atoms with van der Waals surface area (Å²) in [6.45, 7) is 2.66. The predicted molar refractivity (Wildman–Crippen MR) is 76.0 cm³/mol. The monoisotopic (exact) mass is 310 g/mol. The molecular formula is C13H18N4O3S. The highest BCUT2D eigenvalue weighted by atomic mass is 32.2. The predicted octanol–water partition coefficient (Wildman–Crippen LogP) is 0.931. The lowest BCUT2D eigenvalue weighted by molar-refractivity contribution is 0.124. The van der Waals surface area contributed by atoms with E-state index < -0.39 is 10.0 Å². The first-order valence-electron chi connectivity index (χ1n) is 6.92. The molecule has 0 radical (unpaired) electrons. The lowest BCUT2D eigenvalue weighted by Crippen LogP contribution is -2.45. The van der Waals surface area contributed by atoms with Gasteiger partial charge in [0.2, 0.25) is 15.7 Å². The third-order valence-electron chi connectivity index (χ3n) is 3.25. The largest absolute Gasteiger partial charge is 0.471 e. The molecule has 1 aromatic heterocycles. The van der Waals surface area contributed by atoms with Crippen molar-refractivity contribution in [1.29, 1.82) is 5.26 Å². The summed E-state index contributed by atoms with van der Waals surface area (Å²) in [5.41, 5.74) is 0.117. The Balaban J connectivity index is 2.07. The SMILES string of the molecule is CCCS(=O)(=O)N1CCC[C@H](Oc2nccnc2C#N)C1. The van der Waals surface area contributed by atoms with Gasteiger partial charge in [0.1, 0.15) is 12.2 Å². The number of nitrogens with zero attached hydrogens (tertiary/aromatic N) is 4. The van der Waals surface area contributed by atoms with Crippen LogP contribution in [0.2, 0.25) is 0 Å². The smallest absolute Gasteiger partial charge is 0.251 e. The summed E-state index contributed by atoms with van der Waals surface area (Å²) in [5.74, 6) is 0.314. The van der Waals surface area contributed by atoms with Crippen molar-refractivity contribution in [2.75, 3.05) is 18.8 Å². The maximum absolute atomic E-state index is 12.1. The molecule has 1 saturated heterocycles. The zero-order chi connectivity index (χ0) is 15.3. The fraction of sp³-hybridized carbons (Fsp3) is 0.615. The van der Waals surface area contributed by atoms with Crippen LogP contribution in [0.25, 0.3) is 0 Å². The topological polar surface area (TPSA) is 96.2 Å². The molecule has 114 valence electrons. The average Bonchev–Trinajstić information content (AvgIpc) is 2.48. The van der Waals surface area contributed by atoms with Gasteiger partial charge in [-0.1, -0.05) is 6.92 Å². The van der Waals surface area contributed by atoms with Crippen LogP contribution in [0.4, 0.5) is 0 Å². The minimum Gasteiger partial charge on any atom is -0.471 e. The Bertz CT molecular complexity index is 627. The second-order valence-electron chi connectivity index (χ2n) is 4.88. The van der Waals surface area contributed by atoms with Gasteiger partial charge < -0.3 is 4.74 Å². The van der Waals surface area contributed by atoms with Crippen LogP contribution in [0.3, 0.4) is 0 Å². The number of aromatic nitrogens is 2. The molecule has 0 unspecified atom stereocenters. The summed E-state index contributed by atoms with van der Waals surface area (Å²) in [7, 11) is -3.22. The molecule has 1 atom stereocenters. The Labute approximate surface area is 124 Å². The molecule has 8 heteroatoms. The van der Waals surface area contributed by atoms with E-state index >= 15 is 0 Å². The van der Waals surface area contributed by atoms with Gasteiger partial charge in [0.05, 0.1) is 12.3 Å². The first-order valence-corrected chi connectivity index (χ1v) is 8.53. The Hall–Kier alpha value is -1.72. The van der Waals surface area contributed by atoms with E-state index in [2.05, 4.69) is 9.97 Å². The third-order valence-corrected chi connectivity index (χ3v) is 5.29. The van der Waals surface area contributed by atoms with E-state index in [9.17, 15) is 8.42 Å². The molecule has 1 aromatic rings. The normalized spacial score (nSPS) is 19.9. The van der Waals surface area contributed by atoms with Gasteiger partial charge >= 0.3 is 0 Å². The molecule has 0 aromatic carbocycles. The van der Waals surface area contributed by atoms with Gasteiger partial charge in [-0.3, -0.25) is 0 Å². The summed E-state index contributed by atoms with van der Waals surface area (Å²) in [4.78, 5) is 7.87. The van der Waals surface area contributed by atoms with Gasteiger partial charge in [-0.2, -0.15) is 9.57 Å². The summed E-state index contributed by atoms with van der Waals surface area (Å²) in [6.07, 6.45) is 4.63. The number of sulfonamides is 1. The van der Waals surface area contributed by atoms with E-state index in [1.807, 2.05) is 13.0 Å². The van der Waals surface area contributed by atoms with Gasteiger partial charge in [-0.25, -0.2) is 18.4 Å². The molecule has 1 aliphatic heterocycles. The van der Waals surface area contributed by atoms with Crippen LogP contribution < -0.4 is 4.74 Å². The highest BCUT2D eigenvalue weighted by molar-refractivity contribution is 7.89. The zero-order valence-corrected chi connectivity index (χ0v) is 12.7. The van der Waals surface area contributed by atoms with Crippen molar-refractivity contribution in [2.45, 2.75) is 32.3 Å². The lowest BCUT2D eigenvalue weighted by Gasteiger charge is -2.31. The van der Waals surface area contributed by atoms with Crippen molar-refractivity contribution in [2.24, 2.45) is 0 Å². The molecule has 0 amide bonds. The van der Waals surface area contributed by atoms with Crippen molar-refractivity contribution in [1.82, 2.24) is 14.3 Å². The highest BCUT2D eigenvalue weighted by Crippen LogP contribution is 2.20. The van der Waals surface area contributed by atoms with Crippen LogP contribution in [0.15, 0.2) is 12.4 Å². The van der Waals surface area contributed by atoms with E-state index in [0.29, 0.717) is 19.5 Å². The summed E-state index contributed by atoms with van der Waals surface area (Å²) in [5, 5.41) is 8.96. The molecule has 2 heterocycles. The van der Waals surface area contributed by atoms with Crippen molar-refractivity contribution in [3.63, 3.8) is 0 Å². The summed E-state index contributed by atoms with van der Waals surface area (Å²) < 4.78 is 31.3. The third kappa shape index (κ3) is 3.89. The Morgan fingerprint density at radius 3 is 2.95 bits per heavy atom. The maximum atomic E-state index is 12.1. The molecular weight excluding hydrogens is 292 g/mol. The van der Waals surface area contributed by atoms with E-state index in [4.69, 9.17) is 10.00 Å². The average molecular weight is 310 g/mol. The molecule has 1 fully saturated rings. The molecule has 21 heavy (non-hydrogen) atoms. The van der Waals surface area contributed by atoms with Gasteiger partial charge in [0, 0.05) is 18.9 Å². The van der Waals surface area contributed by atoms with Crippen molar-refractivity contribution < 1.29 is 13.2 Å². The fourth-order valence-corrected chi connectivity index (χ4v) is 3.86. The molecule has 7 nitrogen and oxygen atoms in total. The number of nitriles is 1. The van der Waals surface area contributed by atoms with E-state index in [0.717, 1.165) is 12.8 Å². The van der Waals surface area contributed by atoms with Crippen LogP contribution in [0, 0.1) is 11.3 Å². The van der Waals surface area contributed by atoms with Crippen LogP contribution in [0.1, 0.15) is 31.9 Å². The molecule has 0 N–H and O–H groups in total. The van der Waals surface area contributed by atoms with Crippen LogP contribution in [-0.2, 0) is 10.0 Å². The van der Waals surface area contributed by atoms with Crippen LogP contribution in [0.5, 0.6) is 5.88 Å². The zero-order valence-electron chi connectivity index (χ0n) is 11.9. The van der Waals surface area contributed by atoms with E-state index in [1.54, 1.807) is 0 Å². The van der Waals surface area contributed by atoms with Gasteiger partial charge in [-0.05, 0) is 19.3 Å². The van der Waals surface area contributed by atoms with Crippen molar-refractivity contribution in [3.05, 3.63) is 18.1 Å². The standard InChI is InChI=1S/C13H18N4O3S/c1-2-8-21(18,19)17-7-3-4-11(10-17)20-13-12(9-14)15-5-6-16-13/h5-6,11H,2-4,7-8,10H2,1H3/t11-/m0/s1. The van der Waals surface area contributed by atoms with Gasteiger partial charge in [0.25, 0.3) is 5.88 Å². The van der Waals surface area contributed by atoms with E-state index in [-0.39, 0.29) is 23.4 Å². The highest BCUT2D eigenvalue weighted by Gasteiger charge is 2.29. The Morgan fingerprint density at radius 1 is 1.48 bits per heavy atom. The molecule has 2 rings (SSSR count). The fourth-order valence-electron chi connectivity index (χ4n) is 2.29. The lowest BCUT2D eigenvalue weighted by atomic mass is 10.1. The summed E-state index contributed by atoms with van der Waals surface area (Å²) >= 11 is 0. The number of ether oxygens (including phenoxy) is 1. The Morgan fingerprint density at radius 2 is 2.24 bits per heavy atom. The first kappa shape index (κ1) is 15.7. The minimum atomic E-state index is -3.22. The number of hydrogen-bond donors (Lipinski definition) is 0. The Kier molecular flexibility index (Phi) is 5.09. The second kappa shape index (κ2) is 6.83. The number of hydrogen-bond acceptors (Lipinski definition) is 6. The van der Waals surface area contributed by atoms with Gasteiger partial charge in [0.15, 0.2) is 0 Å². The second-order valence-corrected chi connectivity index (χ2v) is 6.97. The summed E-state index contributed by atoms with van der Waals surface area (Å²) in [6, 6.07) is 1.92. The molecule has 0 saturated carbocycles. The molecule has 1 aliphatic rings. The number of piperidine rings is 1. The molecule has 0 spiro atoms. The van der Waals surface area contributed by atoms with E-state index in [1.165, 1.54) is 16.7 Å². The molecule has 0 bridgehead atoms. The number of rotatable bonds is 5. The maximum Gasteiger partial charge on any atom is 0.251 e. The van der Waals surface area contributed by atoms with Crippen molar-refractivity contribution in [3.8, 4) is 11.9 Å². The van der Waals surface area contributed by atoms with Crippen LogP contribution in [-0.4, -0.2) is 47.6 Å².